The molecule has 2 aromatic carbocycles. The maximum atomic E-state index is 13.0. The van der Waals surface area contributed by atoms with Gasteiger partial charge in [0, 0.05) is 17.4 Å². The van der Waals surface area contributed by atoms with Crippen LogP contribution >= 0.6 is 11.8 Å². The highest BCUT2D eigenvalue weighted by atomic mass is 32.2. The zero-order valence-electron chi connectivity index (χ0n) is 24.6. The van der Waals surface area contributed by atoms with Crippen molar-refractivity contribution in [3.63, 3.8) is 0 Å². The van der Waals surface area contributed by atoms with Crippen molar-refractivity contribution in [2.75, 3.05) is 31.3 Å². The molecule has 2 N–H and O–H groups in total. The summed E-state index contributed by atoms with van der Waals surface area (Å²) in [5.41, 5.74) is 3.50. The van der Waals surface area contributed by atoms with Gasteiger partial charge in [0.1, 0.15) is 37.5 Å². The highest BCUT2D eigenvalue weighted by molar-refractivity contribution is 7.99. The number of hydrogen-bond acceptors (Lipinski definition) is 9. The predicted molar refractivity (Wildman–Crippen MR) is 165 cm³/mol. The molecule has 2 aromatic rings. The lowest BCUT2D eigenvalue weighted by Gasteiger charge is -2.25. The number of rotatable bonds is 14. The first kappa shape index (κ1) is 33.3. The van der Waals surface area contributed by atoms with E-state index in [1.54, 1.807) is 20.8 Å². The minimum absolute atomic E-state index is 0.0187. The summed E-state index contributed by atoms with van der Waals surface area (Å²) in [6.45, 7) is 12.1. The molecule has 0 saturated carbocycles. The topological polar surface area (TPSA) is 129 Å². The minimum atomic E-state index is -1.10. The molecule has 230 valence electrons. The van der Waals surface area contributed by atoms with Gasteiger partial charge in [0.2, 0.25) is 0 Å². The molecule has 0 heterocycles. The minimum Gasteiger partial charge on any atom is -0.460 e. The molecule has 0 fully saturated rings. The van der Waals surface area contributed by atoms with Gasteiger partial charge >= 0.3 is 24.1 Å². The Labute approximate surface area is 256 Å². The van der Waals surface area contributed by atoms with Crippen LogP contribution in [0.3, 0.4) is 0 Å². The summed E-state index contributed by atoms with van der Waals surface area (Å²) < 4.78 is 21.1. The molecule has 1 aliphatic rings. The second-order valence-electron chi connectivity index (χ2n) is 10.6. The van der Waals surface area contributed by atoms with Gasteiger partial charge in [0.05, 0.1) is 0 Å². The maximum Gasteiger partial charge on any atom is 0.408 e. The average Bonchev–Trinajstić information content (AvgIpc) is 3.29. The zero-order valence-corrected chi connectivity index (χ0v) is 25.4. The molecule has 0 aliphatic heterocycles. The van der Waals surface area contributed by atoms with Gasteiger partial charge in [-0.25, -0.2) is 19.2 Å². The Bertz CT molecular complexity index is 1280. The number of benzene rings is 2. The molecule has 0 bridgehead atoms. The first-order valence-electron chi connectivity index (χ1n) is 13.8. The number of thioether (sulfide) groups is 1. The fraction of sp³-hybridized carbons (Fsp3) is 0.375. The van der Waals surface area contributed by atoms with E-state index in [1.807, 2.05) is 48.5 Å². The SMILES string of the molecule is C=CCOC(=O)N[C@H](CSC[C@H](NC(=O)OCC1c2ccccc2-c2ccccc21)C(=O)OC(C)(C)C)C(=O)OCC=C. The highest BCUT2D eigenvalue weighted by Gasteiger charge is 2.32. The normalized spacial score (nSPS) is 13.4. The number of esters is 2. The number of amides is 2. The van der Waals surface area contributed by atoms with E-state index >= 15 is 0 Å². The van der Waals surface area contributed by atoms with Crippen molar-refractivity contribution in [3.8, 4) is 11.1 Å². The summed E-state index contributed by atoms with van der Waals surface area (Å²) in [7, 11) is 0. The van der Waals surface area contributed by atoms with Gasteiger partial charge in [-0.15, -0.1) is 0 Å². The van der Waals surface area contributed by atoms with Crippen LogP contribution in [-0.4, -0.2) is 73.1 Å². The number of carbonyl (C=O) groups is 4. The van der Waals surface area contributed by atoms with Gasteiger partial charge in [0.15, 0.2) is 0 Å². The van der Waals surface area contributed by atoms with Crippen LogP contribution in [0.5, 0.6) is 0 Å². The third-order valence-electron chi connectivity index (χ3n) is 6.15. The molecule has 0 unspecified atom stereocenters. The van der Waals surface area contributed by atoms with Gasteiger partial charge in [-0.05, 0) is 43.0 Å². The summed E-state index contributed by atoms with van der Waals surface area (Å²) in [5.74, 6) is -1.49. The Hall–Kier alpha value is -4.25. The van der Waals surface area contributed by atoms with Gasteiger partial charge in [-0.3, -0.25) is 0 Å². The number of ether oxygens (including phenoxy) is 4. The lowest BCUT2D eigenvalue weighted by Crippen LogP contribution is -2.47. The largest absolute Gasteiger partial charge is 0.460 e. The molecule has 3 rings (SSSR count). The van der Waals surface area contributed by atoms with Crippen molar-refractivity contribution in [3.05, 3.63) is 85.0 Å². The Morgan fingerprint density at radius 3 is 1.81 bits per heavy atom. The van der Waals surface area contributed by atoms with Crippen LogP contribution in [0.1, 0.15) is 37.8 Å². The van der Waals surface area contributed by atoms with E-state index in [4.69, 9.17) is 18.9 Å². The third kappa shape index (κ3) is 9.92. The van der Waals surface area contributed by atoms with E-state index in [1.165, 1.54) is 12.2 Å². The van der Waals surface area contributed by atoms with E-state index in [2.05, 4.69) is 23.8 Å². The lowest BCUT2D eigenvalue weighted by atomic mass is 9.98. The van der Waals surface area contributed by atoms with Crippen LogP contribution in [0.15, 0.2) is 73.8 Å². The monoisotopic (exact) mass is 610 g/mol. The molecule has 2 amide bonds. The van der Waals surface area contributed by atoms with Crippen molar-refractivity contribution >= 4 is 35.9 Å². The Morgan fingerprint density at radius 2 is 1.28 bits per heavy atom. The van der Waals surface area contributed by atoms with Gasteiger partial charge < -0.3 is 29.6 Å². The molecule has 0 radical (unpaired) electrons. The van der Waals surface area contributed by atoms with E-state index in [-0.39, 0.29) is 37.2 Å². The van der Waals surface area contributed by atoms with Gasteiger partial charge in [0.25, 0.3) is 0 Å². The van der Waals surface area contributed by atoms with Crippen LogP contribution in [0.4, 0.5) is 9.59 Å². The summed E-state index contributed by atoms with van der Waals surface area (Å²) in [5, 5.41) is 5.05. The Balaban J connectivity index is 1.65. The van der Waals surface area contributed by atoms with E-state index in [0.717, 1.165) is 34.0 Å². The fourth-order valence-electron chi connectivity index (χ4n) is 4.36. The molecule has 2 atom stereocenters. The molecule has 43 heavy (non-hydrogen) atoms. The number of hydrogen-bond donors (Lipinski definition) is 2. The van der Waals surface area contributed by atoms with Crippen molar-refractivity contribution < 1.29 is 38.1 Å². The molecule has 0 saturated heterocycles. The fourth-order valence-corrected chi connectivity index (χ4v) is 5.40. The molecule has 0 spiro atoms. The van der Waals surface area contributed by atoms with Crippen molar-refractivity contribution in [2.45, 2.75) is 44.4 Å². The standard InChI is InChI=1S/C32H38N2O8S/c1-6-16-39-28(35)26(33-30(37)40-17-7-2)19-43-20-27(29(36)42-32(3,4)5)34-31(38)41-18-25-23-14-10-8-12-21(23)22-13-9-11-15-24(22)25/h6-15,25-27H,1-2,16-20H2,3-5H3,(H,33,37)(H,34,38)/t26-,27+/m1/s1. The van der Waals surface area contributed by atoms with Crippen molar-refractivity contribution in [2.24, 2.45) is 0 Å². The number of carbonyl (C=O) groups excluding carboxylic acids is 4. The van der Waals surface area contributed by atoms with Gasteiger partial charge in [-0.2, -0.15) is 11.8 Å². The van der Waals surface area contributed by atoms with Crippen molar-refractivity contribution in [1.29, 1.82) is 0 Å². The molecular formula is C32H38N2O8S. The van der Waals surface area contributed by atoms with Crippen LogP contribution in [0, 0.1) is 0 Å². The van der Waals surface area contributed by atoms with E-state index < -0.39 is 41.8 Å². The quantitative estimate of drug-likeness (QED) is 0.173. The summed E-state index contributed by atoms with van der Waals surface area (Å²) in [6, 6.07) is 13.8. The summed E-state index contributed by atoms with van der Waals surface area (Å²) in [6.07, 6.45) is 1.17. The van der Waals surface area contributed by atoms with Crippen LogP contribution in [0.25, 0.3) is 11.1 Å². The second-order valence-corrected chi connectivity index (χ2v) is 11.7. The molecule has 1 aliphatic carbocycles. The highest BCUT2D eigenvalue weighted by Crippen LogP contribution is 2.44. The molecule has 10 nitrogen and oxygen atoms in total. The summed E-state index contributed by atoms with van der Waals surface area (Å²) >= 11 is 1.13. The van der Waals surface area contributed by atoms with Crippen LogP contribution < -0.4 is 10.6 Å². The van der Waals surface area contributed by atoms with E-state index in [9.17, 15) is 19.2 Å². The predicted octanol–water partition coefficient (Wildman–Crippen LogP) is 4.98. The van der Waals surface area contributed by atoms with Gasteiger partial charge in [-0.1, -0.05) is 73.8 Å². The average molecular weight is 611 g/mol. The molecule has 0 aromatic heterocycles. The maximum absolute atomic E-state index is 13.0. The summed E-state index contributed by atoms with van der Waals surface area (Å²) in [4.78, 5) is 50.6. The number of alkyl carbamates (subject to hydrolysis) is 2. The number of fused-ring (bicyclic) bond motifs is 3. The van der Waals surface area contributed by atoms with Crippen LogP contribution in [-0.2, 0) is 28.5 Å². The smallest absolute Gasteiger partial charge is 0.408 e. The molecule has 11 heteroatoms. The Morgan fingerprint density at radius 1 is 0.791 bits per heavy atom. The van der Waals surface area contributed by atoms with Crippen LogP contribution in [0.2, 0.25) is 0 Å². The first-order chi connectivity index (χ1) is 20.5. The third-order valence-corrected chi connectivity index (χ3v) is 7.29. The lowest BCUT2D eigenvalue weighted by molar-refractivity contribution is -0.156. The van der Waals surface area contributed by atoms with Crippen molar-refractivity contribution in [1.82, 2.24) is 10.6 Å². The molecular weight excluding hydrogens is 572 g/mol. The Kier molecular flexibility index (Phi) is 12.2. The van der Waals surface area contributed by atoms with E-state index in [0.29, 0.717) is 0 Å². The number of nitrogens with one attached hydrogen (secondary N) is 2. The second kappa shape index (κ2) is 15.8. The first-order valence-corrected chi connectivity index (χ1v) is 14.9. The zero-order chi connectivity index (χ0) is 31.4.